The summed E-state index contributed by atoms with van der Waals surface area (Å²) in [6, 6.07) is 32.1. The Morgan fingerprint density at radius 1 is 0.784 bits per heavy atom. The highest BCUT2D eigenvalue weighted by Gasteiger charge is 2.27. The predicted molar refractivity (Wildman–Crippen MR) is 143 cm³/mol. The smallest absolute Gasteiger partial charge is 0.240 e. The molecule has 0 unspecified atom stereocenters. The first-order valence-corrected chi connectivity index (χ1v) is 13.3. The molecule has 0 aliphatic heterocycles. The van der Waals surface area contributed by atoms with Crippen LogP contribution in [0.4, 0.5) is 4.39 Å². The van der Waals surface area contributed by atoms with Gasteiger partial charge in [0.05, 0.1) is 16.3 Å². The van der Waals surface area contributed by atoms with Crippen LogP contribution in [0.25, 0.3) is 16.9 Å². The van der Waals surface area contributed by atoms with E-state index in [1.807, 2.05) is 73.8 Å². The molecule has 1 aromatic heterocycles. The minimum Gasteiger partial charge on any atom is -0.240 e. The molecule has 0 saturated carbocycles. The van der Waals surface area contributed by atoms with Gasteiger partial charge < -0.3 is 0 Å². The van der Waals surface area contributed by atoms with Crippen LogP contribution >= 0.6 is 0 Å². The molecule has 0 amide bonds. The van der Waals surface area contributed by atoms with E-state index in [-0.39, 0.29) is 23.8 Å². The van der Waals surface area contributed by atoms with Gasteiger partial charge in [0.1, 0.15) is 5.82 Å². The van der Waals surface area contributed by atoms with E-state index in [4.69, 9.17) is 5.10 Å². The molecule has 5 aromatic rings. The zero-order valence-corrected chi connectivity index (χ0v) is 21.1. The van der Waals surface area contributed by atoms with E-state index in [0.717, 1.165) is 16.8 Å². The van der Waals surface area contributed by atoms with Gasteiger partial charge in [0, 0.05) is 30.4 Å². The van der Waals surface area contributed by atoms with Crippen molar-refractivity contribution >= 4 is 10.0 Å². The molecule has 7 heteroatoms. The number of aromatic nitrogens is 2. The largest absolute Gasteiger partial charge is 0.243 e. The molecule has 0 fully saturated rings. The summed E-state index contributed by atoms with van der Waals surface area (Å²) < 4.78 is 44.6. The number of aryl methyl sites for hydroxylation is 1. The van der Waals surface area contributed by atoms with Crippen molar-refractivity contribution < 1.29 is 12.8 Å². The number of nitrogens with zero attached hydrogens (tertiary/aromatic N) is 3. The van der Waals surface area contributed by atoms with E-state index >= 15 is 0 Å². The molecule has 37 heavy (non-hydrogen) atoms. The van der Waals surface area contributed by atoms with Crippen LogP contribution in [0, 0.1) is 12.7 Å². The minimum atomic E-state index is -3.84. The van der Waals surface area contributed by atoms with E-state index in [2.05, 4.69) is 0 Å². The van der Waals surface area contributed by atoms with Gasteiger partial charge in [0.15, 0.2) is 0 Å². The Balaban J connectivity index is 1.60. The fraction of sp³-hybridized carbons (Fsp3) is 0.100. The van der Waals surface area contributed by atoms with Crippen LogP contribution in [0.1, 0.15) is 16.7 Å². The maximum atomic E-state index is 13.9. The molecule has 0 aliphatic rings. The van der Waals surface area contributed by atoms with Crippen molar-refractivity contribution in [3.63, 3.8) is 0 Å². The van der Waals surface area contributed by atoms with E-state index in [0.29, 0.717) is 16.8 Å². The van der Waals surface area contributed by atoms with Crippen LogP contribution in [-0.4, -0.2) is 22.5 Å². The zero-order chi connectivity index (χ0) is 25.8. The summed E-state index contributed by atoms with van der Waals surface area (Å²) in [5.41, 5.74) is 4.71. The number of para-hydroxylation sites is 1. The third-order valence-corrected chi connectivity index (χ3v) is 7.94. The first-order valence-electron chi connectivity index (χ1n) is 11.9. The molecule has 0 N–H and O–H groups in total. The number of rotatable bonds is 8. The second kappa shape index (κ2) is 10.5. The van der Waals surface area contributed by atoms with Crippen LogP contribution in [0.2, 0.25) is 0 Å². The van der Waals surface area contributed by atoms with Crippen molar-refractivity contribution in [3.05, 3.63) is 138 Å². The Bertz CT molecular complexity index is 1580. The van der Waals surface area contributed by atoms with Gasteiger partial charge in [0.2, 0.25) is 10.0 Å². The third kappa shape index (κ3) is 5.53. The van der Waals surface area contributed by atoms with Crippen molar-refractivity contribution in [2.24, 2.45) is 0 Å². The Morgan fingerprint density at radius 3 is 2.05 bits per heavy atom. The average Bonchev–Trinajstić information content (AvgIpc) is 3.34. The first-order chi connectivity index (χ1) is 17.9. The Kier molecular flexibility index (Phi) is 6.99. The van der Waals surface area contributed by atoms with Crippen LogP contribution in [0.5, 0.6) is 0 Å². The fourth-order valence-corrected chi connectivity index (χ4v) is 5.56. The van der Waals surface area contributed by atoms with Gasteiger partial charge in [-0.2, -0.15) is 9.40 Å². The summed E-state index contributed by atoms with van der Waals surface area (Å²) in [7, 11) is -3.84. The van der Waals surface area contributed by atoms with E-state index in [1.165, 1.54) is 16.4 Å². The topological polar surface area (TPSA) is 55.2 Å². The maximum absolute atomic E-state index is 13.9. The quantitative estimate of drug-likeness (QED) is 0.243. The lowest BCUT2D eigenvalue weighted by Gasteiger charge is -2.22. The SMILES string of the molecule is Cc1ccc(S(=O)(=O)N(Cc2ccccc2)Cc2cn(-c3ccccc3)nc2-c2ccc(F)cc2)cc1. The molecule has 0 spiro atoms. The van der Waals surface area contributed by atoms with Gasteiger partial charge in [-0.1, -0.05) is 66.2 Å². The molecule has 0 aliphatic carbocycles. The van der Waals surface area contributed by atoms with E-state index in [1.54, 1.807) is 41.1 Å². The number of hydrogen-bond acceptors (Lipinski definition) is 3. The van der Waals surface area contributed by atoms with Gasteiger partial charge >= 0.3 is 0 Å². The Labute approximate surface area is 216 Å². The van der Waals surface area contributed by atoms with Gasteiger partial charge in [-0.15, -0.1) is 0 Å². The van der Waals surface area contributed by atoms with Crippen LogP contribution in [-0.2, 0) is 23.1 Å². The predicted octanol–water partition coefficient (Wildman–Crippen LogP) is 6.38. The highest BCUT2D eigenvalue weighted by molar-refractivity contribution is 7.89. The van der Waals surface area contributed by atoms with Gasteiger partial charge in [-0.25, -0.2) is 17.5 Å². The zero-order valence-electron chi connectivity index (χ0n) is 20.3. The Morgan fingerprint density at radius 2 is 1.41 bits per heavy atom. The lowest BCUT2D eigenvalue weighted by Crippen LogP contribution is -2.30. The lowest BCUT2D eigenvalue weighted by atomic mass is 10.1. The minimum absolute atomic E-state index is 0.0879. The summed E-state index contributed by atoms with van der Waals surface area (Å²) in [4.78, 5) is 0.229. The summed E-state index contributed by atoms with van der Waals surface area (Å²) >= 11 is 0. The van der Waals surface area contributed by atoms with Crippen LogP contribution in [0.3, 0.4) is 0 Å². The van der Waals surface area contributed by atoms with Crippen LogP contribution < -0.4 is 0 Å². The summed E-state index contributed by atoms with van der Waals surface area (Å²) in [6.45, 7) is 2.20. The van der Waals surface area contributed by atoms with Gasteiger partial charge in [-0.05, 0) is 61.0 Å². The molecular weight excluding hydrogens is 485 g/mol. The van der Waals surface area contributed by atoms with E-state index in [9.17, 15) is 12.8 Å². The standard InChI is InChI=1S/C30H26FN3O2S/c1-23-12-18-29(19-13-23)37(35,36)33(20-24-8-4-2-5-9-24)21-26-22-34(28-10-6-3-7-11-28)32-30(26)25-14-16-27(31)17-15-25/h2-19,22H,20-21H2,1H3. The molecule has 5 rings (SSSR count). The fourth-order valence-electron chi connectivity index (χ4n) is 4.15. The highest BCUT2D eigenvalue weighted by atomic mass is 32.2. The second-order valence-electron chi connectivity index (χ2n) is 8.86. The third-order valence-electron chi connectivity index (χ3n) is 6.14. The second-order valence-corrected chi connectivity index (χ2v) is 10.8. The average molecular weight is 512 g/mol. The lowest BCUT2D eigenvalue weighted by molar-refractivity contribution is 0.401. The molecule has 4 aromatic carbocycles. The molecule has 0 saturated heterocycles. The molecule has 0 radical (unpaired) electrons. The first kappa shape index (κ1) is 24.6. The van der Waals surface area contributed by atoms with Crippen molar-refractivity contribution in [1.29, 1.82) is 0 Å². The molecule has 0 bridgehead atoms. The number of benzene rings is 4. The molecule has 186 valence electrons. The van der Waals surface area contributed by atoms with Crippen molar-refractivity contribution in [2.45, 2.75) is 24.9 Å². The monoisotopic (exact) mass is 511 g/mol. The molecular formula is C30H26FN3O2S. The number of halogens is 1. The molecule has 5 nitrogen and oxygen atoms in total. The van der Waals surface area contributed by atoms with Gasteiger partial charge in [0.25, 0.3) is 0 Å². The van der Waals surface area contributed by atoms with Gasteiger partial charge in [-0.3, -0.25) is 0 Å². The Hall–Kier alpha value is -4.07. The van der Waals surface area contributed by atoms with Crippen molar-refractivity contribution in [3.8, 4) is 16.9 Å². The molecule has 1 heterocycles. The normalized spacial score (nSPS) is 11.6. The van der Waals surface area contributed by atoms with Crippen molar-refractivity contribution in [2.75, 3.05) is 0 Å². The highest BCUT2D eigenvalue weighted by Crippen LogP contribution is 2.28. The maximum Gasteiger partial charge on any atom is 0.243 e. The van der Waals surface area contributed by atoms with Crippen molar-refractivity contribution in [1.82, 2.24) is 14.1 Å². The summed E-state index contributed by atoms with van der Waals surface area (Å²) in [5, 5.41) is 4.78. The van der Waals surface area contributed by atoms with E-state index < -0.39 is 10.0 Å². The number of sulfonamides is 1. The number of hydrogen-bond donors (Lipinski definition) is 0. The van der Waals surface area contributed by atoms with Crippen LogP contribution in [0.15, 0.2) is 120 Å². The summed E-state index contributed by atoms with van der Waals surface area (Å²) in [5.74, 6) is -0.347. The molecule has 0 atom stereocenters. The summed E-state index contributed by atoms with van der Waals surface area (Å²) in [6.07, 6.45) is 1.84.